The Morgan fingerprint density at radius 2 is 2.06 bits per heavy atom. The van der Waals surface area contributed by atoms with E-state index in [1.54, 1.807) is 6.92 Å². The van der Waals surface area contributed by atoms with Crippen molar-refractivity contribution < 1.29 is 9.21 Å². The second-order valence-corrected chi connectivity index (χ2v) is 3.77. The van der Waals surface area contributed by atoms with Gasteiger partial charge in [0.05, 0.1) is 0 Å². The number of hydrogen-bond acceptors (Lipinski definition) is 4. The van der Waals surface area contributed by atoms with Crippen molar-refractivity contribution >= 4 is 5.91 Å². The van der Waals surface area contributed by atoms with Crippen LogP contribution in [-0.4, -0.2) is 22.6 Å². The number of carbonyl (C=O) groups is 1. The maximum Gasteiger partial charge on any atom is 0.223 e. The second kappa shape index (κ2) is 6.25. The summed E-state index contributed by atoms with van der Waals surface area (Å²) in [5.41, 5.74) is 0. The summed E-state index contributed by atoms with van der Waals surface area (Å²) in [6, 6.07) is 0. The first-order valence-corrected chi connectivity index (χ1v) is 5.74. The van der Waals surface area contributed by atoms with E-state index in [4.69, 9.17) is 4.42 Å². The maximum atomic E-state index is 11.6. The van der Waals surface area contributed by atoms with Gasteiger partial charge in [0.1, 0.15) is 0 Å². The standard InChI is InChI=1S/C11H19N3O2/c1-4-9(5-2)11(15)12-7-6-10-14-13-8(3)16-10/h9H,4-7H2,1-3H3,(H,12,15). The highest BCUT2D eigenvalue weighted by Gasteiger charge is 2.13. The van der Waals surface area contributed by atoms with E-state index < -0.39 is 0 Å². The fourth-order valence-corrected chi connectivity index (χ4v) is 1.53. The lowest BCUT2D eigenvalue weighted by atomic mass is 10.0. The molecule has 16 heavy (non-hydrogen) atoms. The summed E-state index contributed by atoms with van der Waals surface area (Å²) in [4.78, 5) is 11.6. The van der Waals surface area contributed by atoms with Crippen molar-refractivity contribution in [1.29, 1.82) is 0 Å². The van der Waals surface area contributed by atoms with Crippen molar-refractivity contribution in [1.82, 2.24) is 15.5 Å². The van der Waals surface area contributed by atoms with Gasteiger partial charge in [0.15, 0.2) is 0 Å². The van der Waals surface area contributed by atoms with Gasteiger partial charge in [-0.1, -0.05) is 13.8 Å². The number of hydrogen-bond donors (Lipinski definition) is 1. The Hall–Kier alpha value is -1.39. The average Bonchev–Trinajstić information content (AvgIpc) is 2.66. The van der Waals surface area contributed by atoms with Crippen LogP contribution in [0.15, 0.2) is 4.42 Å². The topological polar surface area (TPSA) is 68.0 Å². The summed E-state index contributed by atoms with van der Waals surface area (Å²) in [7, 11) is 0. The molecule has 0 atom stereocenters. The third-order valence-corrected chi connectivity index (χ3v) is 2.56. The van der Waals surface area contributed by atoms with Crippen molar-refractivity contribution in [2.45, 2.75) is 40.0 Å². The van der Waals surface area contributed by atoms with Crippen LogP contribution in [0.5, 0.6) is 0 Å². The molecule has 1 amide bonds. The number of aryl methyl sites for hydroxylation is 1. The molecule has 0 radical (unpaired) electrons. The quantitative estimate of drug-likeness (QED) is 0.796. The first-order chi connectivity index (χ1) is 7.67. The van der Waals surface area contributed by atoms with Crippen LogP contribution in [0.3, 0.4) is 0 Å². The molecule has 0 spiro atoms. The zero-order valence-electron chi connectivity index (χ0n) is 10.1. The van der Waals surface area contributed by atoms with Gasteiger partial charge in [-0.25, -0.2) is 0 Å². The van der Waals surface area contributed by atoms with E-state index in [9.17, 15) is 4.79 Å². The molecule has 0 saturated carbocycles. The Bertz CT molecular complexity index is 332. The summed E-state index contributed by atoms with van der Waals surface area (Å²) in [6.45, 7) is 6.35. The summed E-state index contributed by atoms with van der Waals surface area (Å²) in [5.74, 6) is 1.36. The van der Waals surface area contributed by atoms with E-state index in [0.29, 0.717) is 24.7 Å². The molecular formula is C11H19N3O2. The highest BCUT2D eigenvalue weighted by Crippen LogP contribution is 2.06. The SMILES string of the molecule is CCC(CC)C(=O)NCCc1nnc(C)o1. The predicted molar refractivity (Wildman–Crippen MR) is 59.8 cm³/mol. The van der Waals surface area contributed by atoms with E-state index in [2.05, 4.69) is 15.5 Å². The van der Waals surface area contributed by atoms with E-state index in [-0.39, 0.29) is 11.8 Å². The largest absolute Gasteiger partial charge is 0.426 e. The molecule has 1 N–H and O–H groups in total. The molecule has 0 aliphatic carbocycles. The number of aromatic nitrogens is 2. The van der Waals surface area contributed by atoms with Crippen LogP contribution in [-0.2, 0) is 11.2 Å². The van der Waals surface area contributed by atoms with Crippen LogP contribution in [0.2, 0.25) is 0 Å². The summed E-state index contributed by atoms with van der Waals surface area (Å²) < 4.78 is 5.20. The molecule has 5 heteroatoms. The van der Waals surface area contributed by atoms with Crippen LogP contribution < -0.4 is 5.32 Å². The Kier molecular flexibility index (Phi) is 4.95. The second-order valence-electron chi connectivity index (χ2n) is 3.77. The molecule has 0 saturated heterocycles. The molecule has 0 fully saturated rings. The predicted octanol–water partition coefficient (Wildman–Crippen LogP) is 1.47. The number of carbonyl (C=O) groups excluding carboxylic acids is 1. The molecule has 0 bridgehead atoms. The minimum Gasteiger partial charge on any atom is -0.426 e. The third kappa shape index (κ3) is 3.64. The Morgan fingerprint density at radius 3 is 2.56 bits per heavy atom. The van der Waals surface area contributed by atoms with Crippen LogP contribution in [0.4, 0.5) is 0 Å². The van der Waals surface area contributed by atoms with Crippen molar-refractivity contribution in [3.8, 4) is 0 Å². The van der Waals surface area contributed by atoms with E-state index in [1.165, 1.54) is 0 Å². The molecular weight excluding hydrogens is 206 g/mol. The van der Waals surface area contributed by atoms with Crippen molar-refractivity contribution in [3.05, 3.63) is 11.8 Å². The van der Waals surface area contributed by atoms with Gasteiger partial charge in [-0.3, -0.25) is 4.79 Å². The first kappa shape index (κ1) is 12.7. The fraction of sp³-hybridized carbons (Fsp3) is 0.727. The molecule has 5 nitrogen and oxygen atoms in total. The minimum atomic E-state index is 0.112. The zero-order chi connectivity index (χ0) is 12.0. The monoisotopic (exact) mass is 225 g/mol. The lowest BCUT2D eigenvalue weighted by Crippen LogP contribution is -2.31. The van der Waals surface area contributed by atoms with Gasteiger partial charge in [0, 0.05) is 25.8 Å². The molecule has 0 aliphatic heterocycles. The lowest BCUT2D eigenvalue weighted by molar-refractivity contribution is -0.125. The summed E-state index contributed by atoms with van der Waals surface area (Å²) in [5, 5.41) is 10.5. The van der Waals surface area contributed by atoms with E-state index in [0.717, 1.165) is 12.8 Å². The average molecular weight is 225 g/mol. The first-order valence-electron chi connectivity index (χ1n) is 5.74. The smallest absolute Gasteiger partial charge is 0.223 e. The summed E-state index contributed by atoms with van der Waals surface area (Å²) >= 11 is 0. The third-order valence-electron chi connectivity index (χ3n) is 2.56. The molecule has 1 aromatic rings. The van der Waals surface area contributed by atoms with Gasteiger partial charge in [-0.15, -0.1) is 10.2 Å². The van der Waals surface area contributed by atoms with Crippen LogP contribution >= 0.6 is 0 Å². The molecule has 0 unspecified atom stereocenters. The van der Waals surface area contributed by atoms with Crippen LogP contribution in [0.1, 0.15) is 38.5 Å². The molecule has 0 aromatic carbocycles. The van der Waals surface area contributed by atoms with Gasteiger partial charge in [-0.2, -0.15) is 0 Å². The Morgan fingerprint density at radius 1 is 1.38 bits per heavy atom. The molecule has 1 rings (SSSR count). The number of nitrogens with one attached hydrogen (secondary N) is 1. The molecule has 1 aromatic heterocycles. The van der Waals surface area contributed by atoms with E-state index in [1.807, 2.05) is 13.8 Å². The van der Waals surface area contributed by atoms with Gasteiger partial charge in [0.2, 0.25) is 17.7 Å². The van der Waals surface area contributed by atoms with E-state index >= 15 is 0 Å². The van der Waals surface area contributed by atoms with Gasteiger partial charge in [-0.05, 0) is 12.8 Å². The molecule has 1 heterocycles. The lowest BCUT2D eigenvalue weighted by Gasteiger charge is -2.11. The van der Waals surface area contributed by atoms with Gasteiger partial charge < -0.3 is 9.73 Å². The normalized spacial score (nSPS) is 10.8. The van der Waals surface area contributed by atoms with Gasteiger partial charge >= 0.3 is 0 Å². The fourth-order valence-electron chi connectivity index (χ4n) is 1.53. The molecule has 0 aliphatic rings. The highest BCUT2D eigenvalue weighted by atomic mass is 16.4. The Labute approximate surface area is 95.6 Å². The van der Waals surface area contributed by atoms with Gasteiger partial charge in [0.25, 0.3) is 0 Å². The number of rotatable bonds is 6. The maximum absolute atomic E-state index is 11.6. The molecule has 90 valence electrons. The minimum absolute atomic E-state index is 0.112. The van der Waals surface area contributed by atoms with Crippen molar-refractivity contribution in [3.63, 3.8) is 0 Å². The van der Waals surface area contributed by atoms with Crippen molar-refractivity contribution in [2.24, 2.45) is 5.92 Å². The highest BCUT2D eigenvalue weighted by molar-refractivity contribution is 5.78. The Balaban J connectivity index is 2.27. The van der Waals surface area contributed by atoms with Crippen molar-refractivity contribution in [2.75, 3.05) is 6.54 Å². The van der Waals surface area contributed by atoms with Crippen LogP contribution in [0, 0.1) is 12.8 Å². The number of nitrogens with zero attached hydrogens (tertiary/aromatic N) is 2. The zero-order valence-corrected chi connectivity index (χ0v) is 10.1. The number of amides is 1. The van der Waals surface area contributed by atoms with Crippen LogP contribution in [0.25, 0.3) is 0 Å². The summed E-state index contributed by atoms with van der Waals surface area (Å²) in [6.07, 6.45) is 2.34.